The molecule has 1 amide bonds. The van der Waals surface area contributed by atoms with Crippen LogP contribution in [0.25, 0.3) is 0 Å². The highest BCUT2D eigenvalue weighted by atomic mass is 127. The highest BCUT2D eigenvalue weighted by Crippen LogP contribution is 2.27. The Balaban J connectivity index is 0.00000420. The van der Waals surface area contributed by atoms with Crippen molar-refractivity contribution in [3.63, 3.8) is 0 Å². The maximum absolute atomic E-state index is 13.1. The molecule has 160 valence electrons. The van der Waals surface area contributed by atoms with Gasteiger partial charge >= 0.3 is 0 Å². The van der Waals surface area contributed by atoms with E-state index in [0.717, 1.165) is 5.56 Å². The molecule has 0 spiro atoms. The van der Waals surface area contributed by atoms with Crippen molar-refractivity contribution in [2.45, 2.75) is 32.6 Å². The van der Waals surface area contributed by atoms with E-state index < -0.39 is 11.8 Å². The van der Waals surface area contributed by atoms with Crippen LogP contribution in [0.4, 0.5) is 4.39 Å². The fraction of sp³-hybridized carbons (Fsp3) is 0.429. The van der Waals surface area contributed by atoms with Crippen LogP contribution in [0, 0.1) is 11.7 Å². The average molecular weight is 532 g/mol. The molecule has 0 aliphatic rings. The number of amides is 1. The first kappa shape index (κ1) is 25.4. The van der Waals surface area contributed by atoms with Crippen LogP contribution < -0.4 is 16.4 Å². The molecule has 5 nitrogen and oxygen atoms in total. The largest absolute Gasteiger partial charge is 0.369 e. The van der Waals surface area contributed by atoms with Crippen LogP contribution in [0.15, 0.2) is 46.8 Å². The minimum atomic E-state index is -0.417. The van der Waals surface area contributed by atoms with E-state index in [9.17, 15) is 9.18 Å². The average Bonchev–Trinajstić information content (AvgIpc) is 3.20. The predicted molar refractivity (Wildman–Crippen MR) is 130 cm³/mol. The molecule has 2 aromatic rings. The quantitative estimate of drug-likeness (QED) is 0.262. The van der Waals surface area contributed by atoms with Crippen LogP contribution in [0.3, 0.4) is 0 Å². The van der Waals surface area contributed by atoms with Gasteiger partial charge < -0.3 is 16.4 Å². The molecule has 1 unspecified atom stereocenters. The van der Waals surface area contributed by atoms with Crippen molar-refractivity contribution < 1.29 is 9.18 Å². The number of primary amides is 1. The van der Waals surface area contributed by atoms with Crippen LogP contribution in [-0.2, 0) is 16.6 Å². The zero-order chi connectivity index (χ0) is 20.6. The molecule has 0 aliphatic carbocycles. The summed E-state index contributed by atoms with van der Waals surface area (Å²) in [5.41, 5.74) is 6.36. The maximum Gasteiger partial charge on any atom is 0.222 e. The Morgan fingerprint density at radius 3 is 2.48 bits per heavy atom. The number of guanidine groups is 1. The summed E-state index contributed by atoms with van der Waals surface area (Å²) in [6, 6.07) is 10.3. The van der Waals surface area contributed by atoms with Gasteiger partial charge in [-0.15, -0.1) is 35.3 Å². The third-order valence-corrected chi connectivity index (χ3v) is 5.71. The molecule has 29 heavy (non-hydrogen) atoms. The third kappa shape index (κ3) is 8.30. The second-order valence-electron chi connectivity index (χ2n) is 7.37. The van der Waals surface area contributed by atoms with Gasteiger partial charge in [-0.1, -0.05) is 32.0 Å². The first-order valence-corrected chi connectivity index (χ1v) is 10.3. The Morgan fingerprint density at radius 1 is 1.24 bits per heavy atom. The number of thiophene rings is 1. The van der Waals surface area contributed by atoms with E-state index >= 15 is 0 Å². The van der Waals surface area contributed by atoms with Crippen molar-refractivity contribution in [2.75, 3.05) is 19.6 Å². The molecule has 1 heterocycles. The van der Waals surface area contributed by atoms with Crippen LogP contribution >= 0.6 is 35.3 Å². The van der Waals surface area contributed by atoms with Crippen molar-refractivity contribution in [3.8, 4) is 0 Å². The van der Waals surface area contributed by atoms with Crippen molar-refractivity contribution in [2.24, 2.45) is 16.6 Å². The predicted octanol–water partition coefficient (Wildman–Crippen LogP) is 3.68. The lowest BCUT2D eigenvalue weighted by atomic mass is 9.92. The summed E-state index contributed by atoms with van der Waals surface area (Å²) < 4.78 is 13.1. The molecule has 0 bridgehead atoms. The standard InChI is InChI=1S/C21H29FN4OS.HI/c1-4-24-20(26-14-21(2,3)18-6-5-11-28-18)25-13-16(19(23)27)12-15-7-9-17(22)10-8-15;/h5-11,16H,4,12-14H2,1-3H3,(H2,23,27)(H2,24,25,26);1H. The fourth-order valence-corrected chi connectivity index (χ4v) is 3.60. The number of halogens is 2. The minimum absolute atomic E-state index is 0. The van der Waals surface area contributed by atoms with Crippen molar-refractivity contribution in [1.29, 1.82) is 0 Å². The second kappa shape index (κ2) is 12.1. The summed E-state index contributed by atoms with van der Waals surface area (Å²) >= 11 is 1.72. The molecule has 0 radical (unpaired) electrons. The number of rotatable bonds is 9. The van der Waals surface area contributed by atoms with E-state index in [1.165, 1.54) is 17.0 Å². The number of carbonyl (C=O) groups is 1. The molecule has 2 rings (SSSR count). The number of aliphatic imine (C=N–C) groups is 1. The van der Waals surface area contributed by atoms with Gasteiger partial charge in [0.15, 0.2) is 5.96 Å². The molecule has 0 fully saturated rings. The summed E-state index contributed by atoms with van der Waals surface area (Å²) in [7, 11) is 0. The number of hydrogen-bond acceptors (Lipinski definition) is 3. The Bertz CT molecular complexity index is 778. The lowest BCUT2D eigenvalue weighted by Gasteiger charge is -2.22. The fourth-order valence-electron chi connectivity index (χ4n) is 2.76. The lowest BCUT2D eigenvalue weighted by molar-refractivity contribution is -0.121. The Kier molecular flexibility index (Phi) is 10.6. The smallest absolute Gasteiger partial charge is 0.222 e. The number of benzene rings is 1. The molecule has 8 heteroatoms. The summed E-state index contributed by atoms with van der Waals surface area (Å²) in [4.78, 5) is 17.8. The van der Waals surface area contributed by atoms with Gasteiger partial charge in [0.25, 0.3) is 0 Å². The van der Waals surface area contributed by atoms with Gasteiger partial charge in [0.1, 0.15) is 5.82 Å². The van der Waals surface area contributed by atoms with Gasteiger partial charge in [-0.3, -0.25) is 9.79 Å². The molecular formula is C21H30FIN4OS. The summed E-state index contributed by atoms with van der Waals surface area (Å²) in [5.74, 6) is -0.462. The topological polar surface area (TPSA) is 79.5 Å². The monoisotopic (exact) mass is 532 g/mol. The molecule has 4 N–H and O–H groups in total. The zero-order valence-corrected chi connectivity index (χ0v) is 20.2. The van der Waals surface area contributed by atoms with Crippen molar-refractivity contribution >= 4 is 47.2 Å². The summed E-state index contributed by atoms with van der Waals surface area (Å²) in [6.45, 7) is 8.00. The second-order valence-corrected chi connectivity index (χ2v) is 8.31. The Labute approximate surface area is 193 Å². The number of nitrogens with one attached hydrogen (secondary N) is 2. The summed E-state index contributed by atoms with van der Waals surface area (Å²) in [5, 5.41) is 8.49. The van der Waals surface area contributed by atoms with E-state index in [4.69, 9.17) is 10.7 Å². The summed E-state index contributed by atoms with van der Waals surface area (Å²) in [6.07, 6.45) is 0.447. The van der Waals surface area contributed by atoms with Crippen LogP contribution in [0.1, 0.15) is 31.2 Å². The molecule has 1 aromatic carbocycles. The third-order valence-electron chi connectivity index (χ3n) is 4.48. The number of hydrogen-bond donors (Lipinski definition) is 3. The van der Waals surface area contributed by atoms with Gasteiger partial charge in [-0.2, -0.15) is 0 Å². The van der Waals surface area contributed by atoms with Crippen LogP contribution in [-0.4, -0.2) is 31.5 Å². The number of nitrogens with two attached hydrogens (primary N) is 1. The van der Waals surface area contributed by atoms with Gasteiger partial charge in [0.05, 0.1) is 12.5 Å². The first-order chi connectivity index (χ1) is 13.3. The number of carbonyl (C=O) groups excluding carboxylic acids is 1. The minimum Gasteiger partial charge on any atom is -0.369 e. The van der Waals surface area contributed by atoms with Crippen LogP contribution in [0.5, 0.6) is 0 Å². The lowest BCUT2D eigenvalue weighted by Crippen LogP contribution is -2.43. The van der Waals surface area contributed by atoms with E-state index in [2.05, 4.69) is 35.9 Å². The highest BCUT2D eigenvalue weighted by molar-refractivity contribution is 14.0. The van der Waals surface area contributed by atoms with Crippen LogP contribution in [0.2, 0.25) is 0 Å². The van der Waals surface area contributed by atoms with Gasteiger partial charge in [-0.25, -0.2) is 4.39 Å². The van der Waals surface area contributed by atoms with Gasteiger partial charge in [0, 0.05) is 23.4 Å². The molecular weight excluding hydrogens is 502 g/mol. The molecule has 1 atom stereocenters. The van der Waals surface area contributed by atoms with E-state index in [1.807, 2.05) is 13.0 Å². The first-order valence-electron chi connectivity index (χ1n) is 9.41. The van der Waals surface area contributed by atoms with E-state index in [-0.39, 0.29) is 35.2 Å². The van der Waals surface area contributed by atoms with Gasteiger partial charge in [0.2, 0.25) is 5.91 Å². The van der Waals surface area contributed by atoms with E-state index in [1.54, 1.807) is 23.5 Å². The van der Waals surface area contributed by atoms with Crippen molar-refractivity contribution in [1.82, 2.24) is 10.6 Å². The van der Waals surface area contributed by atoms with Crippen molar-refractivity contribution in [3.05, 3.63) is 58.0 Å². The Hall–Kier alpha value is -1.68. The molecule has 0 aliphatic heterocycles. The van der Waals surface area contributed by atoms with E-state index in [0.29, 0.717) is 32.0 Å². The number of nitrogens with zero attached hydrogens (tertiary/aromatic N) is 1. The zero-order valence-electron chi connectivity index (χ0n) is 17.1. The molecule has 0 saturated heterocycles. The molecule has 0 saturated carbocycles. The highest BCUT2D eigenvalue weighted by Gasteiger charge is 2.22. The molecule has 1 aromatic heterocycles. The Morgan fingerprint density at radius 2 is 1.93 bits per heavy atom. The maximum atomic E-state index is 13.1. The SMILES string of the molecule is CCNC(=NCC(C)(C)c1cccs1)NCC(Cc1ccc(F)cc1)C(N)=O.I. The van der Waals surface area contributed by atoms with Gasteiger partial charge in [-0.05, 0) is 42.5 Å². The normalized spacial score (nSPS) is 12.8.